The van der Waals surface area contributed by atoms with Crippen molar-refractivity contribution >= 4 is 17.2 Å². The van der Waals surface area contributed by atoms with Crippen LogP contribution in [0.1, 0.15) is 91.5 Å². The molecule has 1 saturated heterocycles. The lowest BCUT2D eigenvalue weighted by Gasteiger charge is -2.42. The Hall–Kier alpha value is -2.73. The van der Waals surface area contributed by atoms with Crippen LogP contribution < -0.4 is 5.63 Å². The van der Waals surface area contributed by atoms with Gasteiger partial charge in [-0.05, 0) is 72.3 Å². The maximum Gasteiger partial charge on any atom is 0.336 e. The summed E-state index contributed by atoms with van der Waals surface area (Å²) in [6, 6.07) is 9.96. The van der Waals surface area contributed by atoms with Crippen molar-refractivity contribution in [2.75, 3.05) is 13.1 Å². The zero-order valence-electron chi connectivity index (χ0n) is 21.3. The average molecular weight is 491 g/mol. The van der Waals surface area contributed by atoms with E-state index in [4.69, 9.17) is 9.40 Å². The van der Waals surface area contributed by atoms with Gasteiger partial charge in [-0.3, -0.25) is 4.79 Å². The number of nitrogens with zero attached hydrogens (tertiary/aromatic N) is 2. The Bertz CT molecular complexity index is 1330. The van der Waals surface area contributed by atoms with Crippen LogP contribution in [-0.4, -0.2) is 28.9 Å². The number of hydrogen-bond donors (Lipinski definition) is 0. The van der Waals surface area contributed by atoms with E-state index in [2.05, 4.69) is 51.3 Å². The molecule has 0 radical (unpaired) electrons. The summed E-state index contributed by atoms with van der Waals surface area (Å²) in [6.07, 6.45) is 4.13. The van der Waals surface area contributed by atoms with Crippen molar-refractivity contribution in [3.8, 4) is 11.3 Å². The standard InChI is InChI=1S/C29H34N2O3S/c1-18-14-24(34-25(32)15-18)27(33)31-12-8-19(9-13-31)26-30-23(17-35-26)20-6-7-21-22(16-20)29(4,5)11-10-28(21,2)3/h6-7,14-17,19H,8-13H2,1-5H3. The Morgan fingerprint density at radius 2 is 1.71 bits per heavy atom. The summed E-state index contributed by atoms with van der Waals surface area (Å²) in [5.41, 5.74) is 5.81. The summed E-state index contributed by atoms with van der Waals surface area (Å²) in [4.78, 5) is 31.3. The molecule has 0 spiro atoms. The number of aryl methyl sites for hydroxylation is 1. The van der Waals surface area contributed by atoms with Crippen LogP contribution >= 0.6 is 11.3 Å². The van der Waals surface area contributed by atoms with Crippen molar-refractivity contribution in [2.45, 2.75) is 77.0 Å². The van der Waals surface area contributed by atoms with Crippen LogP contribution in [0.2, 0.25) is 0 Å². The van der Waals surface area contributed by atoms with Gasteiger partial charge in [0, 0.05) is 36.0 Å². The molecule has 1 aromatic carbocycles. The fourth-order valence-electron chi connectivity index (χ4n) is 5.55. The highest BCUT2D eigenvalue weighted by Crippen LogP contribution is 2.47. The number of carbonyl (C=O) groups is 1. The molecule has 184 valence electrons. The van der Waals surface area contributed by atoms with E-state index >= 15 is 0 Å². The Kier molecular flexibility index (Phi) is 5.99. The highest BCUT2D eigenvalue weighted by atomic mass is 32.1. The Balaban J connectivity index is 1.31. The summed E-state index contributed by atoms with van der Waals surface area (Å²) < 4.78 is 5.15. The maximum atomic E-state index is 12.8. The SMILES string of the molecule is Cc1cc(C(=O)N2CCC(c3nc(-c4ccc5c(c4)C(C)(C)CCC5(C)C)cs3)CC2)oc(=O)c1. The van der Waals surface area contributed by atoms with E-state index in [1.54, 1.807) is 29.2 Å². The number of thiazole rings is 1. The van der Waals surface area contributed by atoms with Gasteiger partial charge < -0.3 is 9.32 Å². The van der Waals surface area contributed by atoms with Crippen LogP contribution in [0.3, 0.4) is 0 Å². The van der Waals surface area contributed by atoms with Crippen LogP contribution in [0.15, 0.2) is 44.9 Å². The lowest BCUT2D eigenvalue weighted by Crippen LogP contribution is -2.38. The molecule has 35 heavy (non-hydrogen) atoms. The number of amides is 1. The molecule has 5 rings (SSSR count). The number of carbonyl (C=O) groups excluding carboxylic acids is 1. The number of aromatic nitrogens is 1. The average Bonchev–Trinajstić information content (AvgIpc) is 3.31. The summed E-state index contributed by atoms with van der Waals surface area (Å²) >= 11 is 1.72. The Morgan fingerprint density at radius 3 is 2.40 bits per heavy atom. The summed E-state index contributed by atoms with van der Waals surface area (Å²) in [6.45, 7) is 12.5. The molecule has 1 amide bonds. The second-order valence-corrected chi connectivity index (χ2v) is 12.4. The summed E-state index contributed by atoms with van der Waals surface area (Å²) in [5, 5.41) is 3.32. The molecule has 6 heteroatoms. The van der Waals surface area contributed by atoms with E-state index in [1.165, 1.54) is 35.6 Å². The molecule has 1 fully saturated rings. The van der Waals surface area contributed by atoms with Crippen molar-refractivity contribution in [3.63, 3.8) is 0 Å². The topological polar surface area (TPSA) is 63.4 Å². The smallest absolute Gasteiger partial charge is 0.336 e. The highest BCUT2D eigenvalue weighted by molar-refractivity contribution is 7.10. The number of fused-ring (bicyclic) bond motifs is 1. The molecule has 2 aliphatic rings. The predicted molar refractivity (Wildman–Crippen MR) is 140 cm³/mol. The first-order valence-electron chi connectivity index (χ1n) is 12.6. The van der Waals surface area contributed by atoms with Crippen molar-refractivity contribution in [1.82, 2.24) is 9.88 Å². The molecule has 5 nitrogen and oxygen atoms in total. The molecule has 3 heterocycles. The number of piperidine rings is 1. The van der Waals surface area contributed by atoms with Gasteiger partial charge in [0.1, 0.15) is 0 Å². The van der Waals surface area contributed by atoms with Gasteiger partial charge in [-0.2, -0.15) is 0 Å². The first-order chi connectivity index (χ1) is 16.5. The molecule has 0 saturated carbocycles. The number of benzene rings is 1. The lowest BCUT2D eigenvalue weighted by atomic mass is 9.63. The van der Waals surface area contributed by atoms with Crippen LogP contribution in [-0.2, 0) is 10.8 Å². The van der Waals surface area contributed by atoms with Gasteiger partial charge in [-0.1, -0.05) is 39.8 Å². The largest absolute Gasteiger partial charge is 0.417 e. The number of likely N-dealkylation sites (tertiary alicyclic amines) is 1. The number of rotatable bonds is 3. The van der Waals surface area contributed by atoms with Crippen molar-refractivity contribution in [2.24, 2.45) is 0 Å². The van der Waals surface area contributed by atoms with Gasteiger partial charge in [0.05, 0.1) is 10.7 Å². The molecule has 1 aliphatic carbocycles. The van der Waals surface area contributed by atoms with E-state index in [0.29, 0.717) is 19.0 Å². The van der Waals surface area contributed by atoms with Gasteiger partial charge in [-0.25, -0.2) is 9.78 Å². The minimum atomic E-state index is -0.479. The third-order valence-electron chi connectivity index (χ3n) is 7.93. The minimum Gasteiger partial charge on any atom is -0.417 e. The Labute approximate surface area is 211 Å². The zero-order chi connectivity index (χ0) is 25.0. The van der Waals surface area contributed by atoms with Gasteiger partial charge in [0.2, 0.25) is 0 Å². The highest BCUT2D eigenvalue weighted by Gasteiger charge is 2.37. The van der Waals surface area contributed by atoms with E-state index in [0.717, 1.165) is 29.1 Å². The predicted octanol–water partition coefficient (Wildman–Crippen LogP) is 6.44. The molecule has 0 atom stereocenters. The van der Waals surface area contributed by atoms with E-state index in [1.807, 2.05) is 0 Å². The van der Waals surface area contributed by atoms with Crippen LogP contribution in [0, 0.1) is 6.92 Å². The molecular weight excluding hydrogens is 456 g/mol. The third kappa shape index (κ3) is 4.61. The molecule has 0 unspecified atom stereocenters. The van der Waals surface area contributed by atoms with Gasteiger partial charge in [0.15, 0.2) is 5.76 Å². The van der Waals surface area contributed by atoms with Gasteiger partial charge in [-0.15, -0.1) is 11.3 Å². The fourth-order valence-corrected chi connectivity index (χ4v) is 6.55. The Morgan fingerprint density at radius 1 is 1.03 bits per heavy atom. The minimum absolute atomic E-state index is 0.128. The molecule has 3 aromatic rings. The third-order valence-corrected chi connectivity index (χ3v) is 8.93. The van der Waals surface area contributed by atoms with Gasteiger partial charge >= 0.3 is 5.63 Å². The number of hydrogen-bond acceptors (Lipinski definition) is 5. The summed E-state index contributed by atoms with van der Waals surface area (Å²) in [5.74, 6) is 0.266. The molecule has 0 bridgehead atoms. The quantitative estimate of drug-likeness (QED) is 0.424. The molecular formula is C29H34N2O3S. The zero-order valence-corrected chi connectivity index (χ0v) is 22.1. The maximum absolute atomic E-state index is 12.8. The van der Waals surface area contributed by atoms with E-state index in [-0.39, 0.29) is 22.5 Å². The van der Waals surface area contributed by atoms with Crippen molar-refractivity contribution in [1.29, 1.82) is 0 Å². The second kappa shape index (κ2) is 8.74. The normalized spacial score (nSPS) is 19.4. The van der Waals surface area contributed by atoms with E-state index < -0.39 is 5.63 Å². The molecule has 1 aliphatic heterocycles. The van der Waals surface area contributed by atoms with Crippen LogP contribution in [0.25, 0.3) is 11.3 Å². The first-order valence-corrected chi connectivity index (χ1v) is 13.4. The first kappa shape index (κ1) is 24.0. The monoisotopic (exact) mass is 490 g/mol. The molecule has 0 N–H and O–H groups in total. The van der Waals surface area contributed by atoms with E-state index in [9.17, 15) is 9.59 Å². The fraction of sp³-hybridized carbons (Fsp3) is 0.483. The lowest BCUT2D eigenvalue weighted by molar-refractivity contribution is 0.0675. The van der Waals surface area contributed by atoms with Crippen molar-refractivity contribution in [3.05, 3.63) is 73.6 Å². The summed E-state index contributed by atoms with van der Waals surface area (Å²) in [7, 11) is 0. The van der Waals surface area contributed by atoms with Gasteiger partial charge in [0.25, 0.3) is 5.91 Å². The molecule has 2 aromatic heterocycles. The van der Waals surface area contributed by atoms with Crippen LogP contribution in [0.5, 0.6) is 0 Å². The second-order valence-electron chi connectivity index (χ2n) is 11.5. The van der Waals surface area contributed by atoms with Crippen LogP contribution in [0.4, 0.5) is 0 Å². The van der Waals surface area contributed by atoms with Crippen molar-refractivity contribution < 1.29 is 9.21 Å².